The number of benzene rings is 1. The van der Waals surface area contributed by atoms with E-state index >= 15 is 0 Å². The Kier molecular flexibility index (Phi) is 3.30. The van der Waals surface area contributed by atoms with Crippen molar-refractivity contribution in [1.82, 2.24) is 0 Å². The van der Waals surface area contributed by atoms with Crippen molar-refractivity contribution in [2.45, 2.75) is 39.7 Å². The van der Waals surface area contributed by atoms with E-state index in [0.29, 0.717) is 0 Å². The maximum atomic E-state index is 10.5. The third kappa shape index (κ3) is 2.45. The molecule has 1 aromatic rings. The van der Waals surface area contributed by atoms with Gasteiger partial charge in [0, 0.05) is 6.42 Å². The van der Waals surface area contributed by atoms with E-state index in [4.69, 9.17) is 0 Å². The highest BCUT2D eigenvalue weighted by Crippen LogP contribution is 2.28. The Hall–Kier alpha value is -1.15. The summed E-state index contributed by atoms with van der Waals surface area (Å²) in [6.07, 6.45) is 0.894. The van der Waals surface area contributed by atoms with Crippen molar-refractivity contribution in [2.75, 3.05) is 0 Å². The summed E-state index contributed by atoms with van der Waals surface area (Å²) in [7, 11) is 0. The van der Waals surface area contributed by atoms with Crippen molar-refractivity contribution in [3.05, 3.63) is 34.4 Å². The molecule has 0 aliphatic carbocycles. The van der Waals surface area contributed by atoms with Gasteiger partial charge in [0.25, 0.3) is 0 Å². The molecule has 1 aromatic carbocycles. The van der Waals surface area contributed by atoms with Gasteiger partial charge in [0.1, 0.15) is 6.29 Å². The molecule has 0 amide bonds. The zero-order valence-corrected chi connectivity index (χ0v) is 9.79. The van der Waals surface area contributed by atoms with E-state index in [2.05, 4.69) is 0 Å². The number of carbonyl (C=O) groups excluding carboxylic acids is 1. The molecule has 82 valence electrons. The summed E-state index contributed by atoms with van der Waals surface area (Å²) in [4.78, 5) is 10.5. The average Bonchev–Trinajstić information content (AvgIpc) is 2.11. The second-order valence-electron chi connectivity index (χ2n) is 4.40. The highest BCUT2D eigenvalue weighted by molar-refractivity contribution is 5.53. The quantitative estimate of drug-likeness (QED) is 0.771. The Bertz CT molecular complexity index is 378. The lowest BCUT2D eigenvalue weighted by Crippen LogP contribution is -2.23. The van der Waals surface area contributed by atoms with Crippen molar-refractivity contribution in [3.63, 3.8) is 0 Å². The number of rotatable bonds is 3. The number of aryl methyl sites for hydroxylation is 3. The normalized spacial score (nSPS) is 14.7. The number of aliphatic hydroxyl groups is 1. The van der Waals surface area contributed by atoms with Crippen molar-refractivity contribution < 1.29 is 9.90 Å². The van der Waals surface area contributed by atoms with Crippen LogP contribution < -0.4 is 0 Å². The van der Waals surface area contributed by atoms with Gasteiger partial charge in [-0.05, 0) is 49.9 Å². The maximum Gasteiger partial charge on any atom is 0.123 e. The zero-order valence-electron chi connectivity index (χ0n) is 9.79. The van der Waals surface area contributed by atoms with Gasteiger partial charge in [-0.1, -0.05) is 12.1 Å². The van der Waals surface area contributed by atoms with Crippen LogP contribution in [0.1, 0.15) is 35.6 Å². The van der Waals surface area contributed by atoms with Gasteiger partial charge in [-0.3, -0.25) is 0 Å². The fourth-order valence-electron chi connectivity index (χ4n) is 1.81. The first-order valence-corrected chi connectivity index (χ1v) is 5.13. The molecule has 0 spiro atoms. The summed E-state index contributed by atoms with van der Waals surface area (Å²) < 4.78 is 0. The predicted molar refractivity (Wildman–Crippen MR) is 60.9 cm³/mol. The Morgan fingerprint density at radius 2 is 1.73 bits per heavy atom. The number of aldehydes is 1. The van der Waals surface area contributed by atoms with Gasteiger partial charge in [-0.2, -0.15) is 0 Å². The van der Waals surface area contributed by atoms with Gasteiger partial charge in [0.05, 0.1) is 5.60 Å². The first-order chi connectivity index (χ1) is 6.88. The smallest absolute Gasteiger partial charge is 0.123 e. The van der Waals surface area contributed by atoms with Crippen molar-refractivity contribution in [2.24, 2.45) is 0 Å². The van der Waals surface area contributed by atoms with E-state index in [1.807, 2.05) is 32.9 Å². The molecule has 0 saturated heterocycles. The van der Waals surface area contributed by atoms with E-state index in [-0.39, 0.29) is 6.42 Å². The van der Waals surface area contributed by atoms with Gasteiger partial charge in [-0.25, -0.2) is 0 Å². The van der Waals surface area contributed by atoms with Gasteiger partial charge in [-0.15, -0.1) is 0 Å². The lowest BCUT2D eigenvalue weighted by atomic mass is 9.87. The molecule has 1 N–H and O–H groups in total. The van der Waals surface area contributed by atoms with Crippen LogP contribution in [0, 0.1) is 20.8 Å². The van der Waals surface area contributed by atoms with Crippen LogP contribution in [0.15, 0.2) is 12.1 Å². The molecular weight excluding hydrogens is 188 g/mol. The van der Waals surface area contributed by atoms with Gasteiger partial charge >= 0.3 is 0 Å². The van der Waals surface area contributed by atoms with Crippen LogP contribution in [0.5, 0.6) is 0 Å². The summed E-state index contributed by atoms with van der Waals surface area (Å²) in [5.41, 5.74) is 3.17. The van der Waals surface area contributed by atoms with Crippen LogP contribution in [0.4, 0.5) is 0 Å². The fraction of sp³-hybridized carbons (Fsp3) is 0.462. The Morgan fingerprint density at radius 1 is 1.20 bits per heavy atom. The maximum absolute atomic E-state index is 10.5. The molecular formula is C13H18O2. The molecule has 0 saturated carbocycles. The average molecular weight is 206 g/mol. The van der Waals surface area contributed by atoms with Crippen LogP contribution in [-0.4, -0.2) is 11.4 Å². The molecule has 1 unspecified atom stereocenters. The lowest BCUT2D eigenvalue weighted by Gasteiger charge is -2.24. The van der Waals surface area contributed by atoms with Crippen LogP contribution in [0.3, 0.4) is 0 Å². The summed E-state index contributed by atoms with van der Waals surface area (Å²) in [5.74, 6) is 0. The summed E-state index contributed by atoms with van der Waals surface area (Å²) in [5, 5.41) is 10.2. The number of hydrogen-bond donors (Lipinski definition) is 1. The van der Waals surface area contributed by atoms with Gasteiger partial charge in [0.2, 0.25) is 0 Å². The Labute approximate surface area is 90.9 Å². The predicted octanol–water partition coefficient (Wildman–Crippen LogP) is 2.41. The van der Waals surface area contributed by atoms with Crippen LogP contribution in [0.2, 0.25) is 0 Å². The Morgan fingerprint density at radius 3 is 2.27 bits per heavy atom. The van der Waals surface area contributed by atoms with Gasteiger partial charge < -0.3 is 9.90 Å². The summed E-state index contributed by atoms with van der Waals surface area (Å²) in [6, 6.07) is 4.01. The van der Waals surface area contributed by atoms with Crippen LogP contribution in [0.25, 0.3) is 0 Å². The number of carbonyl (C=O) groups is 1. The molecule has 0 aliphatic rings. The van der Waals surface area contributed by atoms with Gasteiger partial charge in [0.15, 0.2) is 0 Å². The van der Waals surface area contributed by atoms with Crippen LogP contribution in [-0.2, 0) is 10.4 Å². The van der Waals surface area contributed by atoms with Crippen molar-refractivity contribution in [3.8, 4) is 0 Å². The SMILES string of the molecule is Cc1cc(C)c(C(C)(O)CC=O)cc1C. The standard InChI is InChI=1S/C13H18O2/c1-9-7-11(3)12(8-10(9)2)13(4,15)5-6-14/h6-8,15H,5H2,1-4H3. The molecule has 0 heterocycles. The van der Waals surface area contributed by atoms with E-state index in [1.54, 1.807) is 6.92 Å². The lowest BCUT2D eigenvalue weighted by molar-refractivity contribution is -0.112. The zero-order chi connectivity index (χ0) is 11.6. The largest absolute Gasteiger partial charge is 0.385 e. The molecule has 2 nitrogen and oxygen atoms in total. The van der Waals surface area contributed by atoms with Crippen LogP contribution >= 0.6 is 0 Å². The monoisotopic (exact) mass is 206 g/mol. The minimum absolute atomic E-state index is 0.135. The first-order valence-electron chi connectivity index (χ1n) is 5.13. The Balaban J connectivity index is 3.25. The molecule has 15 heavy (non-hydrogen) atoms. The molecule has 0 bridgehead atoms. The summed E-state index contributed by atoms with van der Waals surface area (Å²) in [6.45, 7) is 7.69. The molecule has 0 radical (unpaired) electrons. The number of hydrogen-bond acceptors (Lipinski definition) is 2. The second kappa shape index (κ2) is 4.15. The molecule has 0 fully saturated rings. The third-order valence-electron chi connectivity index (χ3n) is 2.90. The van der Waals surface area contributed by atoms with E-state index < -0.39 is 5.60 Å². The van der Waals surface area contributed by atoms with Crippen molar-refractivity contribution in [1.29, 1.82) is 0 Å². The minimum atomic E-state index is -1.05. The molecule has 2 heteroatoms. The summed E-state index contributed by atoms with van der Waals surface area (Å²) >= 11 is 0. The molecule has 0 aliphatic heterocycles. The topological polar surface area (TPSA) is 37.3 Å². The van der Waals surface area contributed by atoms with E-state index in [1.165, 1.54) is 5.56 Å². The molecule has 1 rings (SSSR count). The highest BCUT2D eigenvalue weighted by Gasteiger charge is 2.24. The minimum Gasteiger partial charge on any atom is -0.385 e. The van der Waals surface area contributed by atoms with Crippen molar-refractivity contribution >= 4 is 6.29 Å². The van der Waals surface area contributed by atoms with E-state index in [9.17, 15) is 9.90 Å². The third-order valence-corrected chi connectivity index (χ3v) is 2.90. The second-order valence-corrected chi connectivity index (χ2v) is 4.40. The highest BCUT2D eigenvalue weighted by atomic mass is 16.3. The molecule has 0 aromatic heterocycles. The fourth-order valence-corrected chi connectivity index (χ4v) is 1.81. The molecule has 1 atom stereocenters. The first kappa shape index (κ1) is 11.9. The van der Waals surface area contributed by atoms with E-state index in [0.717, 1.165) is 23.0 Å².